The van der Waals surface area contributed by atoms with Crippen LogP contribution in [0.4, 0.5) is 5.13 Å². The van der Waals surface area contributed by atoms with Crippen molar-refractivity contribution < 1.29 is 9.21 Å². The van der Waals surface area contributed by atoms with Crippen molar-refractivity contribution in [2.24, 2.45) is 0 Å². The number of amides is 1. The predicted octanol–water partition coefficient (Wildman–Crippen LogP) is 5.43. The lowest BCUT2D eigenvalue weighted by Gasteiger charge is -2.05. The minimum Gasteiger partial charge on any atom is -0.422 e. The summed E-state index contributed by atoms with van der Waals surface area (Å²) in [5.41, 5.74) is 2.88. The molecule has 142 valence electrons. The minimum absolute atomic E-state index is 0.0412. The highest BCUT2D eigenvalue weighted by molar-refractivity contribution is 7.22. The van der Waals surface area contributed by atoms with E-state index in [4.69, 9.17) is 4.42 Å². The van der Waals surface area contributed by atoms with Crippen LogP contribution >= 0.6 is 11.3 Å². The molecule has 0 radical (unpaired) electrons. The monoisotopic (exact) mass is 400 g/mol. The summed E-state index contributed by atoms with van der Waals surface area (Å²) < 4.78 is 6.40. The second kappa shape index (κ2) is 6.53. The Morgan fingerprint density at radius 3 is 2.66 bits per heavy atom. The van der Waals surface area contributed by atoms with Crippen LogP contribution < -0.4 is 10.9 Å². The minimum atomic E-state index is -0.668. The number of aryl methyl sites for hydroxylation is 2. The van der Waals surface area contributed by atoms with Gasteiger partial charge in [0.2, 0.25) is 0 Å². The summed E-state index contributed by atoms with van der Waals surface area (Å²) in [5, 5.41) is 5.86. The molecule has 2 heterocycles. The van der Waals surface area contributed by atoms with Crippen LogP contribution in [0.2, 0.25) is 0 Å². The molecule has 2 aromatic heterocycles. The summed E-state index contributed by atoms with van der Waals surface area (Å²) in [6, 6.07) is 17.1. The fourth-order valence-corrected chi connectivity index (χ4v) is 4.37. The summed E-state index contributed by atoms with van der Waals surface area (Å²) in [6.45, 7) is 4.06. The van der Waals surface area contributed by atoms with Gasteiger partial charge in [-0.3, -0.25) is 10.1 Å². The van der Waals surface area contributed by atoms with E-state index in [-0.39, 0.29) is 5.56 Å². The summed E-state index contributed by atoms with van der Waals surface area (Å²) in [6.07, 6.45) is 0. The van der Waals surface area contributed by atoms with Crippen molar-refractivity contribution in [3.05, 3.63) is 81.7 Å². The number of nitrogens with zero attached hydrogens (tertiary/aromatic N) is 1. The average molecular weight is 400 g/mol. The van der Waals surface area contributed by atoms with Gasteiger partial charge in [0.15, 0.2) is 5.13 Å². The lowest BCUT2D eigenvalue weighted by Crippen LogP contribution is -2.20. The Labute approximate surface area is 169 Å². The fraction of sp³-hybridized carbons (Fsp3) is 0.0870. The van der Waals surface area contributed by atoms with Crippen LogP contribution in [0.1, 0.15) is 21.5 Å². The largest absolute Gasteiger partial charge is 0.422 e. The average Bonchev–Trinajstić information content (AvgIpc) is 3.08. The van der Waals surface area contributed by atoms with Crippen LogP contribution in [-0.4, -0.2) is 10.9 Å². The van der Waals surface area contributed by atoms with Crippen molar-refractivity contribution in [3.63, 3.8) is 0 Å². The van der Waals surface area contributed by atoms with Crippen molar-refractivity contribution in [3.8, 4) is 0 Å². The van der Waals surface area contributed by atoms with Gasteiger partial charge in [-0.1, -0.05) is 41.7 Å². The summed E-state index contributed by atoms with van der Waals surface area (Å²) in [4.78, 5) is 29.7. The molecular formula is C23H16N2O3S. The molecule has 1 N–H and O–H groups in total. The molecular weight excluding hydrogens is 384 g/mol. The van der Waals surface area contributed by atoms with Crippen LogP contribution in [0.25, 0.3) is 32.0 Å². The number of nitrogens with one attached hydrogen (secondary N) is 1. The molecule has 0 atom stereocenters. The zero-order valence-corrected chi connectivity index (χ0v) is 16.6. The molecule has 29 heavy (non-hydrogen) atoms. The number of fused-ring (bicyclic) bond motifs is 4. The van der Waals surface area contributed by atoms with E-state index >= 15 is 0 Å². The number of rotatable bonds is 2. The van der Waals surface area contributed by atoms with Crippen LogP contribution in [0.3, 0.4) is 0 Å². The lowest BCUT2D eigenvalue weighted by molar-refractivity contribution is 0.102. The highest BCUT2D eigenvalue weighted by atomic mass is 32.1. The van der Waals surface area contributed by atoms with E-state index in [0.29, 0.717) is 10.7 Å². The molecule has 6 heteroatoms. The van der Waals surface area contributed by atoms with Gasteiger partial charge in [0, 0.05) is 5.39 Å². The molecule has 5 nitrogen and oxygen atoms in total. The van der Waals surface area contributed by atoms with Gasteiger partial charge in [-0.15, -0.1) is 0 Å². The molecule has 5 rings (SSSR count). The number of thiazole rings is 1. The second-order valence-corrected chi connectivity index (χ2v) is 8.05. The molecule has 0 unspecified atom stereocenters. The van der Waals surface area contributed by atoms with E-state index in [1.54, 1.807) is 12.1 Å². The first-order valence-corrected chi connectivity index (χ1v) is 9.96. The molecule has 0 aliphatic heterocycles. The fourth-order valence-electron chi connectivity index (χ4n) is 3.43. The molecule has 3 aromatic carbocycles. The number of hydrogen-bond donors (Lipinski definition) is 1. The normalized spacial score (nSPS) is 11.4. The topological polar surface area (TPSA) is 72.2 Å². The first-order valence-electron chi connectivity index (χ1n) is 9.14. The van der Waals surface area contributed by atoms with Gasteiger partial charge in [-0.05, 0) is 60.0 Å². The Kier molecular flexibility index (Phi) is 3.96. The van der Waals surface area contributed by atoms with Gasteiger partial charge in [-0.2, -0.15) is 0 Å². The van der Waals surface area contributed by atoms with E-state index in [2.05, 4.69) is 16.4 Å². The van der Waals surface area contributed by atoms with Gasteiger partial charge < -0.3 is 4.42 Å². The first kappa shape index (κ1) is 17.6. The Balaban J connectivity index is 1.58. The maximum absolute atomic E-state index is 12.8. The first-order chi connectivity index (χ1) is 14.0. The van der Waals surface area contributed by atoms with Crippen molar-refractivity contribution in [1.82, 2.24) is 4.98 Å². The number of benzene rings is 3. The van der Waals surface area contributed by atoms with Crippen LogP contribution in [0.15, 0.2) is 63.8 Å². The van der Waals surface area contributed by atoms with Crippen LogP contribution in [0.5, 0.6) is 0 Å². The highest BCUT2D eigenvalue weighted by Crippen LogP contribution is 2.29. The molecule has 0 bridgehead atoms. The number of hydrogen-bond acceptors (Lipinski definition) is 5. The van der Waals surface area contributed by atoms with Gasteiger partial charge in [0.1, 0.15) is 11.1 Å². The van der Waals surface area contributed by atoms with Crippen LogP contribution in [0, 0.1) is 13.8 Å². The summed E-state index contributed by atoms with van der Waals surface area (Å²) >= 11 is 1.38. The summed E-state index contributed by atoms with van der Waals surface area (Å²) in [7, 11) is 0. The van der Waals surface area contributed by atoms with Crippen LogP contribution in [-0.2, 0) is 0 Å². The van der Waals surface area contributed by atoms with E-state index in [0.717, 1.165) is 31.9 Å². The second-order valence-electron chi connectivity index (χ2n) is 7.02. The Hall–Kier alpha value is -3.51. The summed E-state index contributed by atoms with van der Waals surface area (Å²) in [5.74, 6) is -0.527. The van der Waals surface area contributed by atoms with Gasteiger partial charge in [0.25, 0.3) is 5.91 Å². The van der Waals surface area contributed by atoms with Crippen molar-refractivity contribution in [2.45, 2.75) is 13.8 Å². The predicted molar refractivity (Wildman–Crippen MR) is 117 cm³/mol. The zero-order chi connectivity index (χ0) is 20.1. The molecule has 0 aliphatic rings. The molecule has 0 fully saturated rings. The third-order valence-electron chi connectivity index (χ3n) is 5.11. The molecule has 0 saturated heterocycles. The quantitative estimate of drug-likeness (QED) is 0.317. The standard InChI is InChI=1S/C23H16N2O3S/c1-12-9-18-20(10-13(12)2)29-23(24-18)25-21(26)17-11-16-15-6-4-3-5-14(15)7-8-19(16)28-22(17)27/h3-11H,1-2H3,(H,24,25,26). The third kappa shape index (κ3) is 2.98. The lowest BCUT2D eigenvalue weighted by atomic mass is 10.0. The van der Waals surface area contributed by atoms with Crippen molar-refractivity contribution in [1.29, 1.82) is 0 Å². The number of aromatic nitrogens is 1. The molecule has 0 aliphatic carbocycles. The number of carbonyl (C=O) groups is 1. The maximum atomic E-state index is 12.8. The molecule has 5 aromatic rings. The molecule has 0 saturated carbocycles. The third-order valence-corrected chi connectivity index (χ3v) is 6.04. The Bertz CT molecular complexity index is 1460. The van der Waals surface area contributed by atoms with Gasteiger partial charge in [-0.25, -0.2) is 9.78 Å². The van der Waals surface area contributed by atoms with E-state index in [1.807, 2.05) is 50.2 Å². The SMILES string of the molecule is Cc1cc2nc(NC(=O)c3cc4c(ccc5ccccc54)oc3=O)sc2cc1C. The zero-order valence-electron chi connectivity index (χ0n) is 15.8. The molecule has 1 amide bonds. The Morgan fingerprint density at radius 1 is 1.00 bits per heavy atom. The number of carbonyl (C=O) groups excluding carboxylic acids is 1. The Morgan fingerprint density at radius 2 is 1.79 bits per heavy atom. The van der Waals surface area contributed by atoms with E-state index < -0.39 is 11.5 Å². The highest BCUT2D eigenvalue weighted by Gasteiger charge is 2.17. The number of anilines is 1. The smallest absolute Gasteiger partial charge is 0.349 e. The van der Waals surface area contributed by atoms with Crippen molar-refractivity contribution in [2.75, 3.05) is 5.32 Å². The molecule has 0 spiro atoms. The maximum Gasteiger partial charge on any atom is 0.349 e. The van der Waals surface area contributed by atoms with E-state index in [9.17, 15) is 9.59 Å². The van der Waals surface area contributed by atoms with Crippen molar-refractivity contribution >= 4 is 54.3 Å². The van der Waals surface area contributed by atoms with Gasteiger partial charge >= 0.3 is 5.63 Å². The van der Waals surface area contributed by atoms with Gasteiger partial charge in [0.05, 0.1) is 10.2 Å². The van der Waals surface area contributed by atoms with E-state index in [1.165, 1.54) is 16.9 Å².